The molecule has 2 aromatic carbocycles. The molecule has 0 spiro atoms. The predicted molar refractivity (Wildman–Crippen MR) is 91.0 cm³/mol. The van der Waals surface area contributed by atoms with E-state index in [0.29, 0.717) is 0 Å². The van der Waals surface area contributed by atoms with Gasteiger partial charge in [-0.1, -0.05) is 18.2 Å². The molecule has 0 bridgehead atoms. The fourth-order valence-corrected chi connectivity index (χ4v) is 2.59. The normalized spacial score (nSPS) is 11.8. The molecule has 0 aliphatic carbocycles. The van der Waals surface area contributed by atoms with Crippen molar-refractivity contribution >= 4 is 29.0 Å². The quantitative estimate of drug-likeness (QED) is 0.797. The van der Waals surface area contributed by atoms with E-state index in [1.807, 2.05) is 18.2 Å². The van der Waals surface area contributed by atoms with E-state index in [4.69, 9.17) is 0 Å². The van der Waals surface area contributed by atoms with Crippen molar-refractivity contribution in [3.05, 3.63) is 54.1 Å². The summed E-state index contributed by atoms with van der Waals surface area (Å²) in [4.78, 5) is 12.4. The fourth-order valence-electron chi connectivity index (χ4n) is 2.14. The fraction of sp³-hybridized carbons (Fsp3) is 0.235. The highest BCUT2D eigenvalue weighted by molar-refractivity contribution is 7.98. The van der Waals surface area contributed by atoms with Crippen LogP contribution in [0, 0.1) is 0 Å². The highest BCUT2D eigenvalue weighted by Crippen LogP contribution is 2.24. The molecule has 4 heteroatoms. The monoisotopic (exact) mass is 300 g/mol. The summed E-state index contributed by atoms with van der Waals surface area (Å²) in [6.07, 6.45) is 2.07. The second kappa shape index (κ2) is 7.18. The lowest BCUT2D eigenvalue weighted by molar-refractivity contribution is -0.114. The molecule has 1 unspecified atom stereocenters. The van der Waals surface area contributed by atoms with Crippen molar-refractivity contribution in [3.8, 4) is 0 Å². The molecule has 2 rings (SSSR count). The first kappa shape index (κ1) is 15.4. The molecule has 3 nitrogen and oxygen atoms in total. The number of amides is 1. The van der Waals surface area contributed by atoms with Gasteiger partial charge >= 0.3 is 0 Å². The van der Waals surface area contributed by atoms with Crippen molar-refractivity contribution in [1.29, 1.82) is 0 Å². The van der Waals surface area contributed by atoms with E-state index in [1.54, 1.807) is 11.8 Å². The summed E-state index contributed by atoms with van der Waals surface area (Å²) in [5, 5.41) is 6.30. The summed E-state index contributed by atoms with van der Waals surface area (Å²) < 4.78 is 0. The number of thioether (sulfide) groups is 1. The molecule has 0 aliphatic heterocycles. The van der Waals surface area contributed by atoms with Gasteiger partial charge in [0.15, 0.2) is 0 Å². The van der Waals surface area contributed by atoms with Gasteiger partial charge in [-0.3, -0.25) is 4.79 Å². The summed E-state index contributed by atoms with van der Waals surface area (Å²) >= 11 is 1.73. The number of carbonyl (C=O) groups excluding carboxylic acids is 1. The molecule has 0 aromatic heterocycles. The Labute approximate surface area is 130 Å². The molecule has 21 heavy (non-hydrogen) atoms. The molecule has 2 aromatic rings. The summed E-state index contributed by atoms with van der Waals surface area (Å²) in [5.74, 6) is -0.0552. The van der Waals surface area contributed by atoms with Crippen LogP contribution in [0.3, 0.4) is 0 Å². The Hall–Kier alpha value is -1.94. The minimum atomic E-state index is -0.0552. The van der Waals surface area contributed by atoms with Gasteiger partial charge in [0, 0.05) is 29.2 Å². The minimum absolute atomic E-state index is 0.0552. The average Bonchev–Trinajstić information content (AvgIpc) is 2.47. The molecule has 110 valence electrons. The number of nitrogens with one attached hydrogen (secondary N) is 2. The van der Waals surface area contributed by atoms with Gasteiger partial charge in [0.25, 0.3) is 0 Å². The standard InChI is InChI=1S/C17H20N2OS/c1-12(18-16-8-5-9-17(11-16)21-3)14-6-4-7-15(10-14)19-13(2)20/h4-12,18H,1-3H3,(H,19,20). The number of rotatable bonds is 5. The van der Waals surface area contributed by atoms with E-state index in [1.165, 1.54) is 11.8 Å². The average molecular weight is 300 g/mol. The lowest BCUT2D eigenvalue weighted by atomic mass is 10.1. The van der Waals surface area contributed by atoms with Crippen LogP contribution in [0.5, 0.6) is 0 Å². The van der Waals surface area contributed by atoms with Crippen molar-refractivity contribution in [2.24, 2.45) is 0 Å². The molecule has 1 atom stereocenters. The van der Waals surface area contributed by atoms with Crippen molar-refractivity contribution < 1.29 is 4.79 Å². The van der Waals surface area contributed by atoms with E-state index in [9.17, 15) is 4.79 Å². The van der Waals surface area contributed by atoms with Crippen molar-refractivity contribution in [2.75, 3.05) is 16.9 Å². The van der Waals surface area contributed by atoms with Gasteiger partial charge in [0.05, 0.1) is 0 Å². The van der Waals surface area contributed by atoms with Crippen LogP contribution in [-0.2, 0) is 4.79 Å². The Kier molecular flexibility index (Phi) is 5.28. The van der Waals surface area contributed by atoms with E-state index >= 15 is 0 Å². The van der Waals surface area contributed by atoms with Crippen LogP contribution in [-0.4, -0.2) is 12.2 Å². The lowest BCUT2D eigenvalue weighted by Gasteiger charge is -2.17. The van der Waals surface area contributed by atoms with Gasteiger partial charge in [-0.05, 0) is 49.1 Å². The first-order valence-corrected chi connectivity index (χ1v) is 8.09. The summed E-state index contributed by atoms with van der Waals surface area (Å²) in [6.45, 7) is 3.63. The van der Waals surface area contributed by atoms with E-state index in [-0.39, 0.29) is 11.9 Å². The molecular weight excluding hydrogens is 280 g/mol. The highest BCUT2D eigenvalue weighted by Gasteiger charge is 2.07. The lowest BCUT2D eigenvalue weighted by Crippen LogP contribution is -2.09. The Balaban J connectivity index is 2.12. The van der Waals surface area contributed by atoms with Gasteiger partial charge < -0.3 is 10.6 Å². The van der Waals surface area contributed by atoms with Crippen molar-refractivity contribution in [1.82, 2.24) is 0 Å². The molecule has 0 radical (unpaired) electrons. The number of carbonyl (C=O) groups is 1. The smallest absolute Gasteiger partial charge is 0.221 e. The third-order valence-corrected chi connectivity index (χ3v) is 3.89. The van der Waals surface area contributed by atoms with Gasteiger partial charge in [0.1, 0.15) is 0 Å². The zero-order valence-corrected chi connectivity index (χ0v) is 13.3. The largest absolute Gasteiger partial charge is 0.378 e. The second-order valence-corrected chi connectivity index (χ2v) is 5.78. The molecule has 0 saturated heterocycles. The van der Waals surface area contributed by atoms with Gasteiger partial charge in [-0.2, -0.15) is 0 Å². The molecule has 0 heterocycles. The van der Waals surface area contributed by atoms with Gasteiger partial charge in [-0.15, -0.1) is 11.8 Å². The number of hydrogen-bond acceptors (Lipinski definition) is 3. The van der Waals surface area contributed by atoms with Crippen molar-refractivity contribution in [3.63, 3.8) is 0 Å². The first-order chi connectivity index (χ1) is 10.1. The Bertz CT molecular complexity index is 628. The van der Waals surface area contributed by atoms with Crippen LogP contribution in [0.4, 0.5) is 11.4 Å². The summed E-state index contributed by atoms with van der Waals surface area (Å²) in [5.41, 5.74) is 3.06. The van der Waals surface area contributed by atoms with Crippen LogP contribution >= 0.6 is 11.8 Å². The Morgan fingerprint density at radius 1 is 1.10 bits per heavy atom. The maximum atomic E-state index is 11.1. The SMILES string of the molecule is CSc1cccc(NC(C)c2cccc(NC(C)=O)c2)c1. The topological polar surface area (TPSA) is 41.1 Å². The number of anilines is 2. The number of hydrogen-bond donors (Lipinski definition) is 2. The third-order valence-electron chi connectivity index (χ3n) is 3.16. The zero-order valence-electron chi connectivity index (χ0n) is 12.5. The Morgan fingerprint density at radius 3 is 2.52 bits per heavy atom. The molecule has 1 amide bonds. The van der Waals surface area contributed by atoms with E-state index < -0.39 is 0 Å². The number of benzene rings is 2. The summed E-state index contributed by atoms with van der Waals surface area (Å²) in [7, 11) is 0. The zero-order chi connectivity index (χ0) is 15.2. The van der Waals surface area contributed by atoms with Gasteiger partial charge in [-0.25, -0.2) is 0 Å². The third kappa shape index (κ3) is 4.53. The van der Waals surface area contributed by atoms with Crippen LogP contribution in [0.15, 0.2) is 53.4 Å². The molecular formula is C17H20N2OS. The predicted octanol–water partition coefficient (Wildman–Crippen LogP) is 4.54. The van der Waals surface area contributed by atoms with Crippen LogP contribution < -0.4 is 10.6 Å². The first-order valence-electron chi connectivity index (χ1n) is 6.86. The second-order valence-electron chi connectivity index (χ2n) is 4.90. The van der Waals surface area contributed by atoms with Crippen molar-refractivity contribution in [2.45, 2.75) is 24.8 Å². The van der Waals surface area contributed by atoms with Crippen LogP contribution in [0.25, 0.3) is 0 Å². The molecule has 2 N–H and O–H groups in total. The van der Waals surface area contributed by atoms with Gasteiger partial charge in [0.2, 0.25) is 5.91 Å². The van der Waals surface area contributed by atoms with E-state index in [2.05, 4.69) is 54.1 Å². The maximum absolute atomic E-state index is 11.1. The minimum Gasteiger partial charge on any atom is -0.378 e. The van der Waals surface area contributed by atoms with Crippen LogP contribution in [0.1, 0.15) is 25.5 Å². The molecule has 0 fully saturated rings. The highest BCUT2D eigenvalue weighted by atomic mass is 32.2. The van der Waals surface area contributed by atoms with Crippen LogP contribution in [0.2, 0.25) is 0 Å². The Morgan fingerprint density at radius 2 is 1.81 bits per heavy atom. The summed E-state index contributed by atoms with van der Waals surface area (Å²) in [6, 6.07) is 16.4. The molecule has 0 saturated carbocycles. The maximum Gasteiger partial charge on any atom is 0.221 e. The molecule has 0 aliphatic rings. The van der Waals surface area contributed by atoms with E-state index in [0.717, 1.165) is 16.9 Å².